The number of H-pyrrole nitrogens is 1. The molecule has 0 bridgehead atoms. The summed E-state index contributed by atoms with van der Waals surface area (Å²) in [6.07, 6.45) is 10.7. The Hall–Kier alpha value is -3.12. The largest absolute Gasteiger partial charge is 0.504 e. The Kier molecular flexibility index (Phi) is 8.32. The monoisotopic (exact) mass is 512 g/mol. The van der Waals surface area contributed by atoms with Gasteiger partial charge in [-0.05, 0) is 57.4 Å². The molecule has 2 aromatic rings. The Bertz CT molecular complexity index is 1310. The predicted octanol–water partition coefficient (Wildman–Crippen LogP) is 2.89. The van der Waals surface area contributed by atoms with Crippen LogP contribution in [0, 0.1) is 5.82 Å². The Morgan fingerprint density at radius 2 is 1.97 bits per heavy atom. The number of anilines is 1. The quantitative estimate of drug-likeness (QED) is 0.267. The zero-order valence-corrected chi connectivity index (χ0v) is 21.5. The van der Waals surface area contributed by atoms with Crippen LogP contribution in [0.2, 0.25) is 0 Å². The fraction of sp³-hybridized carbons (Fsp3) is 0.318. The molecule has 0 fully saturated rings. The first-order valence-corrected chi connectivity index (χ1v) is 14.1. The number of methoxy groups -OCH3 is 1. The van der Waals surface area contributed by atoms with E-state index in [9.17, 15) is 21.8 Å². The lowest BCUT2D eigenvalue weighted by atomic mass is 10.2. The van der Waals surface area contributed by atoms with Crippen molar-refractivity contribution in [1.29, 1.82) is 0 Å². The van der Waals surface area contributed by atoms with E-state index >= 15 is 0 Å². The number of aromatic amines is 1. The molecule has 0 radical (unpaired) electrons. The van der Waals surface area contributed by atoms with Crippen LogP contribution in [0.1, 0.15) is 26.6 Å². The van der Waals surface area contributed by atoms with Gasteiger partial charge < -0.3 is 9.72 Å². The molecule has 0 atom stereocenters. The Morgan fingerprint density at radius 3 is 2.53 bits per heavy atom. The molecular formula is C22H29FN4O5S2. The Balaban J connectivity index is 2.33. The molecule has 34 heavy (non-hydrogen) atoms. The first kappa shape index (κ1) is 27.1. The number of thiol groups is 1. The van der Waals surface area contributed by atoms with E-state index in [1.54, 1.807) is 24.3 Å². The minimum atomic E-state index is -3.68. The van der Waals surface area contributed by atoms with Gasteiger partial charge in [-0.1, -0.05) is 22.1 Å². The highest BCUT2D eigenvalue weighted by molar-refractivity contribution is 8.04. The summed E-state index contributed by atoms with van der Waals surface area (Å²) >= 11 is 0. The number of ether oxygens (including phenoxy) is 1. The number of hydrogen-bond acceptors (Lipinski definition) is 7. The summed E-state index contributed by atoms with van der Waals surface area (Å²) in [5.74, 6) is -1.24. The van der Waals surface area contributed by atoms with Crippen molar-refractivity contribution >= 4 is 37.2 Å². The van der Waals surface area contributed by atoms with Crippen LogP contribution in [0.4, 0.5) is 10.3 Å². The van der Waals surface area contributed by atoms with Gasteiger partial charge in [0.15, 0.2) is 15.7 Å². The zero-order valence-electron chi connectivity index (χ0n) is 19.8. The van der Waals surface area contributed by atoms with Crippen LogP contribution in [-0.2, 0) is 29.3 Å². The Morgan fingerprint density at radius 1 is 1.29 bits per heavy atom. The smallest absolute Gasteiger partial charge is 0.243 e. The first-order chi connectivity index (χ1) is 15.8. The van der Waals surface area contributed by atoms with Gasteiger partial charge in [0, 0.05) is 11.8 Å². The standard InChI is InChI=1S/C22H29FN4O5S2/c1-7-9-15(10-8-13-32-4)19-24-21(27-26-19)25-20(28)22(2,3)33(5,29)18-12-11-16(14-17(18)23)34(6,30)31/h7-14,33H,1-6H3,(H2,24,25,26,27,28)/b9-7-,13-8+,15-10+. The third-order valence-corrected chi connectivity index (χ3v) is 9.99. The van der Waals surface area contributed by atoms with E-state index < -0.39 is 36.2 Å². The number of carbonyl (C=O) groups excluding carboxylic acids is 1. The van der Waals surface area contributed by atoms with Crippen molar-refractivity contribution in [3.8, 4) is 0 Å². The van der Waals surface area contributed by atoms with Crippen LogP contribution in [0.5, 0.6) is 0 Å². The van der Waals surface area contributed by atoms with E-state index in [0.29, 0.717) is 11.4 Å². The van der Waals surface area contributed by atoms with E-state index in [2.05, 4.69) is 20.5 Å². The molecule has 1 aromatic heterocycles. The number of amides is 1. The SMILES string of the molecule is C\C=C/C(=C\C=C\OC)c1nnc(NC(=O)C(C)(C)[SH](C)(=O)c2ccc(S(C)(=O)=O)cc2F)[nH]1. The van der Waals surface area contributed by atoms with Crippen LogP contribution >= 0.6 is 0 Å². The molecule has 1 amide bonds. The highest BCUT2D eigenvalue weighted by Crippen LogP contribution is 2.34. The van der Waals surface area contributed by atoms with E-state index in [-0.39, 0.29) is 15.7 Å². The average molecular weight is 513 g/mol. The molecule has 0 aliphatic heterocycles. The molecule has 0 aliphatic carbocycles. The maximum Gasteiger partial charge on any atom is 0.243 e. The van der Waals surface area contributed by atoms with Gasteiger partial charge in [-0.15, -0.1) is 10.2 Å². The van der Waals surface area contributed by atoms with Crippen molar-refractivity contribution in [3.05, 3.63) is 60.4 Å². The van der Waals surface area contributed by atoms with Crippen LogP contribution in [-0.4, -0.2) is 58.1 Å². The minimum absolute atomic E-state index is 0.0205. The molecule has 2 rings (SSSR count). The molecule has 0 aliphatic rings. The molecule has 12 heteroatoms. The van der Waals surface area contributed by atoms with Crippen LogP contribution < -0.4 is 5.32 Å². The van der Waals surface area contributed by atoms with Gasteiger partial charge in [-0.25, -0.2) is 12.8 Å². The number of sulfone groups is 1. The lowest BCUT2D eigenvalue weighted by Crippen LogP contribution is -2.48. The number of carbonyl (C=O) groups is 1. The summed E-state index contributed by atoms with van der Waals surface area (Å²) in [6, 6.07) is 3.13. The summed E-state index contributed by atoms with van der Waals surface area (Å²) in [7, 11) is -5.81. The summed E-state index contributed by atoms with van der Waals surface area (Å²) in [4.78, 5) is 15.5. The fourth-order valence-electron chi connectivity index (χ4n) is 2.88. The van der Waals surface area contributed by atoms with E-state index in [0.717, 1.165) is 18.4 Å². The number of halogens is 1. The second kappa shape index (κ2) is 10.4. The molecular weight excluding hydrogens is 483 g/mol. The van der Waals surface area contributed by atoms with Crippen LogP contribution in [0.3, 0.4) is 0 Å². The van der Waals surface area contributed by atoms with E-state index in [1.807, 2.05) is 6.92 Å². The number of hydrogen-bond donors (Lipinski definition) is 3. The number of nitrogens with one attached hydrogen (secondary N) is 2. The highest BCUT2D eigenvalue weighted by Gasteiger charge is 2.41. The summed E-state index contributed by atoms with van der Waals surface area (Å²) < 4.78 is 55.1. The molecule has 186 valence electrons. The molecule has 0 spiro atoms. The maximum atomic E-state index is 14.8. The predicted molar refractivity (Wildman–Crippen MR) is 131 cm³/mol. The second-order valence-corrected chi connectivity index (χ2v) is 13.5. The number of benzene rings is 1. The van der Waals surface area contributed by atoms with Crippen molar-refractivity contribution in [3.63, 3.8) is 0 Å². The van der Waals surface area contributed by atoms with Gasteiger partial charge >= 0.3 is 0 Å². The molecule has 9 nitrogen and oxygen atoms in total. The number of aromatic nitrogens is 3. The topological polar surface area (TPSA) is 131 Å². The van der Waals surface area contributed by atoms with Gasteiger partial charge in [0.25, 0.3) is 0 Å². The fourth-order valence-corrected chi connectivity index (χ4v) is 5.39. The van der Waals surface area contributed by atoms with E-state index in [4.69, 9.17) is 4.74 Å². The second-order valence-electron chi connectivity index (χ2n) is 8.03. The summed E-state index contributed by atoms with van der Waals surface area (Å²) in [5, 5.41) is 10.5. The summed E-state index contributed by atoms with van der Waals surface area (Å²) in [6.45, 7) is 4.67. The lowest BCUT2D eigenvalue weighted by Gasteiger charge is -2.35. The van der Waals surface area contributed by atoms with Gasteiger partial charge in [0.1, 0.15) is 10.6 Å². The maximum absolute atomic E-state index is 14.8. The first-order valence-electron chi connectivity index (χ1n) is 10.1. The average Bonchev–Trinajstić information content (AvgIpc) is 3.20. The van der Waals surface area contributed by atoms with Crippen LogP contribution in [0.25, 0.3) is 5.57 Å². The molecule has 0 saturated carbocycles. The van der Waals surface area contributed by atoms with Gasteiger partial charge in [-0.3, -0.25) is 14.3 Å². The van der Waals surface area contributed by atoms with Crippen molar-refractivity contribution in [2.45, 2.75) is 35.3 Å². The van der Waals surface area contributed by atoms with E-state index in [1.165, 1.54) is 39.5 Å². The normalized spacial score (nSPS) is 14.0. The number of nitrogens with zero attached hydrogens (tertiary/aromatic N) is 2. The van der Waals surface area contributed by atoms with Gasteiger partial charge in [0.2, 0.25) is 11.9 Å². The Labute approximate surface area is 199 Å². The third-order valence-electron chi connectivity index (χ3n) is 5.26. The van der Waals surface area contributed by atoms with Crippen molar-refractivity contribution in [1.82, 2.24) is 15.2 Å². The minimum Gasteiger partial charge on any atom is -0.504 e. The molecule has 0 saturated heterocycles. The van der Waals surface area contributed by atoms with Crippen LogP contribution in [0.15, 0.2) is 58.6 Å². The lowest BCUT2D eigenvalue weighted by molar-refractivity contribution is -0.117. The molecule has 0 unspecified atom stereocenters. The molecule has 1 aromatic carbocycles. The van der Waals surface area contributed by atoms with Crippen molar-refractivity contribution in [2.24, 2.45) is 0 Å². The highest BCUT2D eigenvalue weighted by atomic mass is 32.2. The molecule has 1 heterocycles. The van der Waals surface area contributed by atoms with Gasteiger partial charge in [0.05, 0.1) is 23.2 Å². The number of rotatable bonds is 9. The van der Waals surface area contributed by atoms with Crippen molar-refractivity contribution < 1.29 is 26.5 Å². The summed E-state index contributed by atoms with van der Waals surface area (Å²) in [5.41, 5.74) is 0.664. The third kappa shape index (κ3) is 5.86. The van der Waals surface area contributed by atoms with Gasteiger partial charge in [-0.2, -0.15) is 0 Å². The number of allylic oxidation sites excluding steroid dienone is 5. The zero-order chi connectivity index (χ0) is 25.7. The van der Waals surface area contributed by atoms with Crippen molar-refractivity contribution in [2.75, 3.05) is 24.9 Å². The molecule has 2 N–H and O–H groups in total.